The normalized spacial score (nSPS) is 16.6. The van der Waals surface area contributed by atoms with Gasteiger partial charge >= 0.3 is 5.97 Å². The Morgan fingerprint density at radius 2 is 1.42 bits per heavy atom. The van der Waals surface area contributed by atoms with Gasteiger partial charge in [-0.1, -0.05) is 84.9 Å². The Morgan fingerprint density at radius 3 is 2.11 bits per heavy atom. The van der Waals surface area contributed by atoms with E-state index in [4.69, 9.17) is 9.47 Å². The highest BCUT2D eigenvalue weighted by atomic mass is 16.5. The lowest BCUT2D eigenvalue weighted by Crippen LogP contribution is -2.44. The molecule has 1 aliphatic rings. The zero-order valence-corrected chi connectivity index (χ0v) is 20.8. The average Bonchev–Trinajstić information content (AvgIpc) is 3.34. The lowest BCUT2D eigenvalue weighted by atomic mass is 9.90. The molecule has 190 valence electrons. The van der Waals surface area contributed by atoms with Crippen LogP contribution in [0.1, 0.15) is 34.0 Å². The Bertz CT molecular complexity index is 1560. The molecule has 4 aromatic carbocycles. The third-order valence-electron chi connectivity index (χ3n) is 6.98. The van der Waals surface area contributed by atoms with Crippen molar-refractivity contribution in [1.29, 1.82) is 0 Å². The van der Waals surface area contributed by atoms with Gasteiger partial charge in [-0.05, 0) is 40.5 Å². The van der Waals surface area contributed by atoms with Crippen LogP contribution in [0.4, 0.5) is 0 Å². The van der Waals surface area contributed by atoms with Gasteiger partial charge in [-0.2, -0.15) is 0 Å². The monoisotopic (exact) mass is 504 g/mol. The maximum atomic E-state index is 12.1. The predicted molar refractivity (Wildman–Crippen MR) is 146 cm³/mol. The number of hydrogen-bond acceptors (Lipinski definition) is 4. The minimum Gasteiger partial charge on any atom is -0.485 e. The van der Waals surface area contributed by atoms with E-state index in [1.54, 1.807) is 0 Å². The molecule has 2 unspecified atom stereocenters. The molecule has 0 saturated carbocycles. The Kier molecular flexibility index (Phi) is 6.54. The van der Waals surface area contributed by atoms with E-state index in [2.05, 4.69) is 10.3 Å². The van der Waals surface area contributed by atoms with E-state index in [-0.39, 0.29) is 6.04 Å². The molecule has 0 spiro atoms. The highest BCUT2D eigenvalue weighted by Crippen LogP contribution is 2.38. The number of ether oxygens (including phenoxy) is 2. The third-order valence-corrected chi connectivity index (χ3v) is 6.98. The SMILES string of the molecule is O=C(O)C1Cc2c([nH]c3ccccc23)C(c2ccc(OCc3ccccc3)c(OCc3ccccc3)c2)N1. The molecule has 2 atom stereocenters. The van der Waals surface area contributed by atoms with E-state index >= 15 is 0 Å². The predicted octanol–water partition coefficient (Wildman–Crippen LogP) is 6.01. The number of carboxylic acid groups (broad SMARTS) is 1. The number of para-hydroxylation sites is 1. The van der Waals surface area contributed by atoms with Crippen molar-refractivity contribution in [3.63, 3.8) is 0 Å². The Morgan fingerprint density at radius 1 is 0.789 bits per heavy atom. The second-order valence-electron chi connectivity index (χ2n) is 9.51. The number of nitrogens with one attached hydrogen (secondary N) is 2. The fourth-order valence-electron chi connectivity index (χ4n) is 5.06. The molecule has 2 heterocycles. The van der Waals surface area contributed by atoms with Crippen molar-refractivity contribution in [2.45, 2.75) is 31.7 Å². The number of aromatic nitrogens is 1. The van der Waals surface area contributed by atoms with Gasteiger partial charge < -0.3 is 19.6 Å². The topological polar surface area (TPSA) is 83.6 Å². The number of benzene rings is 4. The van der Waals surface area contributed by atoms with Crippen LogP contribution in [0.2, 0.25) is 0 Å². The molecule has 6 heteroatoms. The van der Waals surface area contributed by atoms with Gasteiger partial charge in [0.05, 0.1) is 6.04 Å². The maximum Gasteiger partial charge on any atom is 0.321 e. The highest BCUT2D eigenvalue weighted by molar-refractivity contribution is 5.87. The molecule has 6 nitrogen and oxygen atoms in total. The molecular formula is C32H28N2O4. The van der Waals surface area contributed by atoms with E-state index in [0.717, 1.165) is 38.9 Å². The Labute approximate surface area is 220 Å². The molecule has 0 fully saturated rings. The Hall–Kier alpha value is -4.55. The fourth-order valence-corrected chi connectivity index (χ4v) is 5.06. The molecule has 0 aliphatic carbocycles. The van der Waals surface area contributed by atoms with E-state index in [1.807, 2.05) is 103 Å². The summed E-state index contributed by atoms with van der Waals surface area (Å²) in [5.74, 6) is 0.379. The summed E-state index contributed by atoms with van der Waals surface area (Å²) in [6.45, 7) is 0.802. The molecule has 1 aromatic heterocycles. The molecule has 1 aliphatic heterocycles. The molecule has 5 aromatic rings. The molecule has 0 radical (unpaired) electrons. The second-order valence-corrected chi connectivity index (χ2v) is 9.51. The summed E-state index contributed by atoms with van der Waals surface area (Å²) in [6.07, 6.45) is 0.417. The van der Waals surface area contributed by atoms with Crippen LogP contribution in [0.5, 0.6) is 11.5 Å². The summed E-state index contributed by atoms with van der Waals surface area (Å²) in [4.78, 5) is 15.6. The first-order valence-electron chi connectivity index (χ1n) is 12.7. The van der Waals surface area contributed by atoms with Gasteiger partial charge in [0.25, 0.3) is 0 Å². The molecule has 38 heavy (non-hydrogen) atoms. The maximum absolute atomic E-state index is 12.1. The largest absolute Gasteiger partial charge is 0.485 e. The average molecular weight is 505 g/mol. The van der Waals surface area contributed by atoms with Crippen LogP contribution in [0, 0.1) is 0 Å². The number of carboxylic acids is 1. The van der Waals surface area contributed by atoms with Gasteiger partial charge in [-0.25, -0.2) is 0 Å². The van der Waals surface area contributed by atoms with Crippen molar-refractivity contribution >= 4 is 16.9 Å². The van der Waals surface area contributed by atoms with Gasteiger partial charge in [-0.15, -0.1) is 0 Å². The molecule has 0 saturated heterocycles. The summed E-state index contributed by atoms with van der Waals surface area (Å²) in [6, 6.07) is 32.8. The molecule has 0 bridgehead atoms. The van der Waals surface area contributed by atoms with E-state index < -0.39 is 12.0 Å². The standard InChI is InChI=1S/C32H28N2O4/c35-32(36)27-18-25-24-13-7-8-14-26(24)33-31(25)30(34-27)23-15-16-28(37-19-21-9-3-1-4-10-21)29(17-23)38-20-22-11-5-2-6-12-22/h1-17,27,30,33-34H,18-20H2,(H,35,36). The van der Waals surface area contributed by atoms with Crippen molar-refractivity contribution < 1.29 is 19.4 Å². The lowest BCUT2D eigenvalue weighted by molar-refractivity contribution is -0.139. The van der Waals surface area contributed by atoms with Crippen molar-refractivity contribution in [2.75, 3.05) is 0 Å². The first kappa shape index (κ1) is 23.8. The van der Waals surface area contributed by atoms with Crippen LogP contribution in [-0.2, 0) is 24.4 Å². The number of rotatable bonds is 8. The minimum absolute atomic E-state index is 0.338. The second kappa shape index (κ2) is 10.4. The zero-order valence-electron chi connectivity index (χ0n) is 20.8. The van der Waals surface area contributed by atoms with Gasteiger partial charge in [0.15, 0.2) is 11.5 Å². The van der Waals surface area contributed by atoms with Crippen LogP contribution in [-0.4, -0.2) is 22.1 Å². The lowest BCUT2D eigenvalue weighted by Gasteiger charge is -2.30. The fraction of sp³-hybridized carbons (Fsp3) is 0.156. The number of hydrogen-bond donors (Lipinski definition) is 3. The minimum atomic E-state index is -0.866. The molecule has 6 rings (SSSR count). The zero-order chi connectivity index (χ0) is 25.9. The van der Waals surface area contributed by atoms with Crippen LogP contribution < -0.4 is 14.8 Å². The van der Waals surface area contributed by atoms with E-state index in [1.165, 1.54) is 0 Å². The summed E-state index contributed by atoms with van der Waals surface area (Å²) >= 11 is 0. The summed E-state index contributed by atoms with van der Waals surface area (Å²) in [7, 11) is 0. The van der Waals surface area contributed by atoms with Gasteiger partial charge in [0, 0.05) is 23.0 Å². The van der Waals surface area contributed by atoms with Crippen LogP contribution in [0.25, 0.3) is 10.9 Å². The van der Waals surface area contributed by atoms with E-state index in [9.17, 15) is 9.90 Å². The number of carbonyl (C=O) groups is 1. The van der Waals surface area contributed by atoms with Gasteiger partial charge in [-0.3, -0.25) is 10.1 Å². The molecular weight excluding hydrogens is 476 g/mol. The number of aliphatic carboxylic acids is 1. The molecule has 0 amide bonds. The highest BCUT2D eigenvalue weighted by Gasteiger charge is 2.34. The summed E-state index contributed by atoms with van der Waals surface area (Å²) < 4.78 is 12.5. The Balaban J connectivity index is 1.37. The third kappa shape index (κ3) is 4.86. The number of H-pyrrole nitrogens is 1. The van der Waals surface area contributed by atoms with E-state index in [0.29, 0.717) is 31.1 Å². The summed E-state index contributed by atoms with van der Waals surface area (Å²) in [5, 5.41) is 14.3. The number of fused-ring (bicyclic) bond motifs is 3. The van der Waals surface area contributed by atoms with Crippen LogP contribution in [0.3, 0.4) is 0 Å². The number of aromatic amines is 1. The van der Waals surface area contributed by atoms with Crippen LogP contribution in [0.15, 0.2) is 103 Å². The van der Waals surface area contributed by atoms with Crippen molar-refractivity contribution in [3.05, 3.63) is 131 Å². The molecule has 3 N–H and O–H groups in total. The van der Waals surface area contributed by atoms with Crippen LogP contribution >= 0.6 is 0 Å². The smallest absolute Gasteiger partial charge is 0.321 e. The van der Waals surface area contributed by atoms with Crippen molar-refractivity contribution in [2.24, 2.45) is 0 Å². The van der Waals surface area contributed by atoms with Crippen molar-refractivity contribution in [1.82, 2.24) is 10.3 Å². The first-order chi connectivity index (χ1) is 18.7. The van der Waals surface area contributed by atoms with Gasteiger partial charge in [0.2, 0.25) is 0 Å². The first-order valence-corrected chi connectivity index (χ1v) is 12.7. The van der Waals surface area contributed by atoms with Crippen molar-refractivity contribution in [3.8, 4) is 11.5 Å². The van der Waals surface area contributed by atoms with Gasteiger partial charge in [0.1, 0.15) is 19.3 Å². The quantitative estimate of drug-likeness (QED) is 0.241. The summed E-state index contributed by atoms with van der Waals surface area (Å²) in [5.41, 5.74) is 6.03.